The number of halogens is 1. The second-order valence-corrected chi connectivity index (χ2v) is 5.24. The molecule has 0 aliphatic heterocycles. The van der Waals surface area contributed by atoms with Gasteiger partial charge in [0.2, 0.25) is 5.95 Å². The number of benzene rings is 1. The molecule has 0 bridgehead atoms. The molecule has 0 aliphatic rings. The second kappa shape index (κ2) is 7.09. The Morgan fingerprint density at radius 3 is 2.36 bits per heavy atom. The minimum Gasteiger partial charge on any atom is -0.481 e. The van der Waals surface area contributed by atoms with Gasteiger partial charge in [0.15, 0.2) is 6.10 Å². The zero-order valence-electron chi connectivity index (χ0n) is 12.6. The largest absolute Gasteiger partial charge is 0.481 e. The summed E-state index contributed by atoms with van der Waals surface area (Å²) in [5.41, 5.74) is 6.83. The van der Waals surface area contributed by atoms with Crippen molar-refractivity contribution in [2.45, 2.75) is 26.9 Å². The molecule has 0 saturated heterocycles. The van der Waals surface area contributed by atoms with Crippen LogP contribution in [0.1, 0.15) is 18.3 Å². The van der Waals surface area contributed by atoms with Crippen molar-refractivity contribution < 1.29 is 9.53 Å². The number of nitrogens with one attached hydrogen (secondary N) is 2. The lowest BCUT2D eigenvalue weighted by molar-refractivity contribution is -0.126. The number of hydrazine groups is 1. The van der Waals surface area contributed by atoms with E-state index in [2.05, 4.69) is 20.8 Å². The van der Waals surface area contributed by atoms with E-state index in [0.717, 1.165) is 11.4 Å². The molecule has 1 aromatic carbocycles. The number of aryl methyl sites for hydroxylation is 2. The number of carbonyl (C=O) groups excluding carboxylic acids is 1. The van der Waals surface area contributed by atoms with Crippen molar-refractivity contribution in [2.75, 3.05) is 5.43 Å². The summed E-state index contributed by atoms with van der Waals surface area (Å²) in [6.45, 7) is 5.36. The molecule has 0 saturated carbocycles. The number of anilines is 1. The van der Waals surface area contributed by atoms with E-state index < -0.39 is 6.10 Å². The standard InChI is InChI=1S/C15H17ClN4O2/c1-9-8-10(2)18-15(17-9)20-19-14(21)11(3)22-13-6-4-12(16)5-7-13/h4-8,11H,1-3H3,(H,19,21)(H,17,18,20)/t11-/m0/s1. The summed E-state index contributed by atoms with van der Waals surface area (Å²) in [5, 5.41) is 0.609. The van der Waals surface area contributed by atoms with Crippen LogP contribution in [0.4, 0.5) is 5.95 Å². The Labute approximate surface area is 133 Å². The molecule has 0 fully saturated rings. The Balaban J connectivity index is 1.89. The Hall–Kier alpha value is -2.34. The SMILES string of the molecule is Cc1cc(C)nc(NNC(=O)[C@H](C)Oc2ccc(Cl)cc2)n1. The lowest BCUT2D eigenvalue weighted by Crippen LogP contribution is -2.40. The molecule has 1 amide bonds. The number of ether oxygens (including phenoxy) is 1. The Morgan fingerprint density at radius 2 is 1.77 bits per heavy atom. The monoisotopic (exact) mass is 320 g/mol. The summed E-state index contributed by atoms with van der Waals surface area (Å²) in [5.74, 6) is 0.567. The highest BCUT2D eigenvalue weighted by Crippen LogP contribution is 2.16. The normalized spacial score (nSPS) is 11.6. The minimum absolute atomic E-state index is 0.335. The van der Waals surface area contributed by atoms with Crippen molar-refractivity contribution in [1.29, 1.82) is 0 Å². The quantitative estimate of drug-likeness (QED) is 0.828. The molecule has 0 spiro atoms. The summed E-state index contributed by atoms with van der Waals surface area (Å²) in [4.78, 5) is 20.3. The highest BCUT2D eigenvalue weighted by Gasteiger charge is 2.14. The average Bonchev–Trinajstić information content (AvgIpc) is 2.46. The van der Waals surface area contributed by atoms with Gasteiger partial charge in [-0.1, -0.05) is 11.6 Å². The molecular formula is C15H17ClN4O2. The predicted octanol–water partition coefficient (Wildman–Crippen LogP) is 2.66. The van der Waals surface area contributed by atoms with Gasteiger partial charge in [0.1, 0.15) is 5.75 Å². The summed E-state index contributed by atoms with van der Waals surface area (Å²) in [6.07, 6.45) is -0.681. The third-order valence-corrected chi connectivity index (χ3v) is 3.03. The topological polar surface area (TPSA) is 76.1 Å². The Kier molecular flexibility index (Phi) is 5.16. The molecule has 2 N–H and O–H groups in total. The van der Waals surface area contributed by atoms with Gasteiger partial charge < -0.3 is 4.74 Å². The number of aromatic nitrogens is 2. The van der Waals surface area contributed by atoms with Gasteiger partial charge in [0.05, 0.1) is 0 Å². The van der Waals surface area contributed by atoms with E-state index in [9.17, 15) is 4.79 Å². The molecule has 0 unspecified atom stereocenters. The van der Waals surface area contributed by atoms with Gasteiger partial charge in [-0.25, -0.2) is 9.97 Å². The van der Waals surface area contributed by atoms with Crippen LogP contribution in [0, 0.1) is 13.8 Å². The van der Waals surface area contributed by atoms with Crippen molar-refractivity contribution in [3.05, 3.63) is 46.7 Å². The predicted molar refractivity (Wildman–Crippen MR) is 84.8 cm³/mol. The number of rotatable bonds is 5. The molecule has 1 heterocycles. The lowest BCUT2D eigenvalue weighted by Gasteiger charge is -2.15. The highest BCUT2D eigenvalue weighted by atomic mass is 35.5. The molecular weight excluding hydrogens is 304 g/mol. The smallest absolute Gasteiger partial charge is 0.279 e. The van der Waals surface area contributed by atoms with Crippen LogP contribution < -0.4 is 15.6 Å². The first kappa shape index (κ1) is 16.0. The maximum absolute atomic E-state index is 12.0. The first-order chi connectivity index (χ1) is 10.4. The van der Waals surface area contributed by atoms with Gasteiger partial charge in [0.25, 0.3) is 5.91 Å². The number of hydrogen-bond donors (Lipinski definition) is 2. The van der Waals surface area contributed by atoms with Crippen LogP contribution in [0.25, 0.3) is 0 Å². The van der Waals surface area contributed by atoms with E-state index in [4.69, 9.17) is 16.3 Å². The number of nitrogens with zero attached hydrogens (tertiary/aromatic N) is 2. The van der Waals surface area contributed by atoms with Gasteiger partial charge in [-0.3, -0.25) is 15.6 Å². The number of amides is 1. The highest BCUT2D eigenvalue weighted by molar-refractivity contribution is 6.30. The molecule has 116 valence electrons. The summed E-state index contributed by atoms with van der Waals surface area (Å²) < 4.78 is 5.52. The van der Waals surface area contributed by atoms with Crippen molar-refractivity contribution in [3.8, 4) is 5.75 Å². The van der Waals surface area contributed by atoms with Gasteiger partial charge in [-0.05, 0) is 51.1 Å². The zero-order chi connectivity index (χ0) is 16.1. The van der Waals surface area contributed by atoms with Gasteiger partial charge in [-0.15, -0.1) is 0 Å². The first-order valence-electron chi connectivity index (χ1n) is 6.74. The summed E-state index contributed by atoms with van der Waals surface area (Å²) in [7, 11) is 0. The number of carbonyl (C=O) groups is 1. The van der Waals surface area contributed by atoms with E-state index in [1.165, 1.54) is 0 Å². The van der Waals surface area contributed by atoms with Crippen LogP contribution >= 0.6 is 11.6 Å². The third-order valence-electron chi connectivity index (χ3n) is 2.78. The van der Waals surface area contributed by atoms with Crippen LogP contribution in [-0.2, 0) is 4.79 Å². The number of hydrogen-bond acceptors (Lipinski definition) is 5. The van der Waals surface area contributed by atoms with Gasteiger partial charge in [0, 0.05) is 16.4 Å². The van der Waals surface area contributed by atoms with E-state index in [-0.39, 0.29) is 5.91 Å². The molecule has 22 heavy (non-hydrogen) atoms. The van der Waals surface area contributed by atoms with Crippen LogP contribution in [0.2, 0.25) is 5.02 Å². The fourth-order valence-corrected chi connectivity index (χ4v) is 1.90. The maximum Gasteiger partial charge on any atom is 0.279 e. The van der Waals surface area contributed by atoms with E-state index in [0.29, 0.717) is 16.7 Å². The lowest BCUT2D eigenvalue weighted by atomic mass is 10.3. The molecule has 0 radical (unpaired) electrons. The fraction of sp³-hybridized carbons (Fsp3) is 0.267. The van der Waals surface area contributed by atoms with Crippen molar-refractivity contribution in [3.63, 3.8) is 0 Å². The van der Waals surface area contributed by atoms with E-state index >= 15 is 0 Å². The maximum atomic E-state index is 12.0. The van der Waals surface area contributed by atoms with Crippen LogP contribution in [-0.4, -0.2) is 22.0 Å². The molecule has 2 rings (SSSR count). The average molecular weight is 321 g/mol. The van der Waals surface area contributed by atoms with E-state index in [1.807, 2.05) is 19.9 Å². The van der Waals surface area contributed by atoms with Gasteiger partial charge in [-0.2, -0.15) is 0 Å². The third kappa shape index (κ3) is 4.60. The zero-order valence-corrected chi connectivity index (χ0v) is 13.3. The molecule has 7 heteroatoms. The van der Waals surface area contributed by atoms with Crippen molar-refractivity contribution >= 4 is 23.5 Å². The van der Waals surface area contributed by atoms with Crippen molar-refractivity contribution in [1.82, 2.24) is 15.4 Å². The van der Waals surface area contributed by atoms with Crippen LogP contribution in [0.3, 0.4) is 0 Å². The Bertz CT molecular complexity index is 641. The van der Waals surface area contributed by atoms with Gasteiger partial charge >= 0.3 is 0 Å². The summed E-state index contributed by atoms with van der Waals surface area (Å²) in [6, 6.07) is 8.64. The van der Waals surface area contributed by atoms with Crippen LogP contribution in [0.5, 0.6) is 5.75 Å². The Morgan fingerprint density at radius 1 is 1.18 bits per heavy atom. The fourth-order valence-electron chi connectivity index (χ4n) is 1.77. The molecule has 1 atom stereocenters. The van der Waals surface area contributed by atoms with E-state index in [1.54, 1.807) is 31.2 Å². The summed E-state index contributed by atoms with van der Waals surface area (Å²) >= 11 is 5.80. The molecule has 1 aromatic heterocycles. The molecule has 6 nitrogen and oxygen atoms in total. The van der Waals surface area contributed by atoms with Crippen LogP contribution in [0.15, 0.2) is 30.3 Å². The molecule has 2 aromatic rings. The van der Waals surface area contributed by atoms with Crippen molar-refractivity contribution in [2.24, 2.45) is 0 Å². The molecule has 0 aliphatic carbocycles. The second-order valence-electron chi connectivity index (χ2n) is 4.80. The minimum atomic E-state index is -0.681. The first-order valence-corrected chi connectivity index (χ1v) is 7.12.